The largest absolute Gasteiger partial charge is 0.465 e. The zero-order valence-electron chi connectivity index (χ0n) is 18.3. The van der Waals surface area contributed by atoms with Crippen LogP contribution in [0.1, 0.15) is 37.5 Å². The maximum absolute atomic E-state index is 13.9. The second-order valence-corrected chi connectivity index (χ2v) is 8.65. The number of likely N-dealkylation sites (tertiary alicyclic amines) is 1. The second-order valence-electron chi connectivity index (χ2n) is 7.87. The van der Waals surface area contributed by atoms with Crippen LogP contribution in [0.3, 0.4) is 0 Å². The number of piperidine rings is 1. The lowest BCUT2D eigenvalue weighted by atomic mass is 10.1. The van der Waals surface area contributed by atoms with Crippen molar-refractivity contribution in [1.29, 1.82) is 0 Å². The zero-order chi connectivity index (χ0) is 25.3. The number of hydrogen-bond acceptors (Lipinski definition) is 7. The first-order chi connectivity index (χ1) is 16.7. The fraction of sp³-hybridized carbons (Fsp3) is 0.333. The highest BCUT2D eigenvalue weighted by atomic mass is 35.5. The molecule has 1 atom stereocenters. The second kappa shape index (κ2) is 10.0. The third-order valence-electron chi connectivity index (χ3n) is 5.68. The van der Waals surface area contributed by atoms with E-state index < -0.39 is 28.8 Å². The van der Waals surface area contributed by atoms with E-state index in [0.717, 1.165) is 6.07 Å². The van der Waals surface area contributed by atoms with Gasteiger partial charge in [-0.2, -0.15) is 5.10 Å². The van der Waals surface area contributed by atoms with Crippen molar-refractivity contribution in [2.75, 3.05) is 13.1 Å². The number of ether oxygens (including phenoxy) is 1. The predicted octanol–water partition coefficient (Wildman–Crippen LogP) is 5.15. The van der Waals surface area contributed by atoms with Crippen LogP contribution in [0.25, 0.3) is 11.3 Å². The van der Waals surface area contributed by atoms with Crippen molar-refractivity contribution in [2.45, 2.75) is 31.9 Å². The van der Waals surface area contributed by atoms with Crippen LogP contribution in [0, 0.1) is 15.9 Å². The first-order valence-corrected chi connectivity index (χ1v) is 11.2. The number of aromatic nitrogens is 4. The number of rotatable bonds is 6. The van der Waals surface area contributed by atoms with Crippen molar-refractivity contribution < 1.29 is 24.0 Å². The van der Waals surface area contributed by atoms with Crippen LogP contribution in [0.5, 0.6) is 5.88 Å². The maximum Gasteiger partial charge on any atom is 0.426 e. The van der Waals surface area contributed by atoms with E-state index in [2.05, 4.69) is 15.1 Å². The molecule has 1 amide bonds. The smallest absolute Gasteiger partial charge is 0.426 e. The number of carboxylic acid groups (broad SMARTS) is 1. The highest BCUT2D eigenvalue weighted by Gasteiger charge is 2.27. The monoisotopic (exact) mass is 524 g/mol. The lowest BCUT2D eigenvalue weighted by molar-refractivity contribution is -0.391. The van der Waals surface area contributed by atoms with Gasteiger partial charge in [0.2, 0.25) is 0 Å². The molecular formula is C21H19Cl2FN6O5. The van der Waals surface area contributed by atoms with Crippen molar-refractivity contribution in [2.24, 2.45) is 0 Å². The number of nitrogens with zero attached hydrogens (tertiary/aromatic N) is 6. The van der Waals surface area contributed by atoms with Gasteiger partial charge in [0.1, 0.15) is 17.6 Å². The molecule has 0 radical (unpaired) electrons. The molecule has 3 heterocycles. The molecule has 0 aliphatic carbocycles. The van der Waals surface area contributed by atoms with Gasteiger partial charge >= 0.3 is 17.8 Å². The summed E-state index contributed by atoms with van der Waals surface area (Å²) < 4.78 is 21.3. The Hall–Kier alpha value is -3.51. The molecule has 1 aliphatic rings. The fourth-order valence-corrected chi connectivity index (χ4v) is 4.52. The van der Waals surface area contributed by atoms with E-state index in [0.29, 0.717) is 31.5 Å². The number of carbonyl (C=O) groups is 1. The molecule has 0 unspecified atom stereocenters. The van der Waals surface area contributed by atoms with Gasteiger partial charge in [-0.05, 0) is 41.8 Å². The summed E-state index contributed by atoms with van der Waals surface area (Å²) in [5, 5.41) is 24.8. The zero-order valence-corrected chi connectivity index (χ0v) is 19.8. The van der Waals surface area contributed by atoms with E-state index in [-0.39, 0.29) is 33.2 Å². The van der Waals surface area contributed by atoms with Gasteiger partial charge in [0.05, 0.1) is 17.3 Å². The van der Waals surface area contributed by atoms with Crippen molar-refractivity contribution >= 4 is 35.1 Å². The SMILES string of the molecule is C[C@@H](Oc1nc(-c2cnn(C3CCN(C(=O)O)CC3)c2)cnc1[N+](=O)[O-])c1c(Cl)ccc(F)c1Cl. The van der Waals surface area contributed by atoms with Crippen LogP contribution in [0.4, 0.5) is 15.0 Å². The summed E-state index contributed by atoms with van der Waals surface area (Å²) in [6, 6.07) is 2.41. The van der Waals surface area contributed by atoms with Crippen molar-refractivity contribution in [3.63, 3.8) is 0 Å². The molecule has 0 spiro atoms. The molecule has 11 nitrogen and oxygen atoms in total. The Kier molecular flexibility index (Phi) is 7.03. The predicted molar refractivity (Wildman–Crippen MR) is 123 cm³/mol. The molecule has 1 aliphatic heterocycles. The Morgan fingerprint density at radius 3 is 2.69 bits per heavy atom. The van der Waals surface area contributed by atoms with Crippen LogP contribution < -0.4 is 4.74 Å². The summed E-state index contributed by atoms with van der Waals surface area (Å²) in [5.41, 5.74) is 0.922. The summed E-state index contributed by atoms with van der Waals surface area (Å²) in [6.45, 7) is 2.30. The number of hydrogen-bond donors (Lipinski definition) is 1. The van der Waals surface area contributed by atoms with Crippen LogP contribution in [-0.4, -0.2) is 53.9 Å². The van der Waals surface area contributed by atoms with Gasteiger partial charge in [0.15, 0.2) is 6.20 Å². The lowest BCUT2D eigenvalue weighted by Gasteiger charge is -2.29. The number of amides is 1. The summed E-state index contributed by atoms with van der Waals surface area (Å²) in [7, 11) is 0. The first kappa shape index (κ1) is 24.6. The molecule has 14 heteroatoms. The van der Waals surface area contributed by atoms with Gasteiger partial charge in [-0.1, -0.05) is 23.2 Å². The lowest BCUT2D eigenvalue weighted by Crippen LogP contribution is -2.38. The Morgan fingerprint density at radius 1 is 1.31 bits per heavy atom. The van der Waals surface area contributed by atoms with Crippen molar-refractivity contribution in [3.05, 3.63) is 62.3 Å². The minimum absolute atomic E-state index is 0.00152. The Morgan fingerprint density at radius 2 is 2.03 bits per heavy atom. The summed E-state index contributed by atoms with van der Waals surface area (Å²) in [5.74, 6) is -1.73. The standard InChI is InChI=1S/C21H19Cl2FN6O5/c1-11(17-14(22)2-3-15(24)18(17)23)35-20-19(30(33)34)25-9-16(27-20)12-8-26-29(10-12)13-4-6-28(7-5-13)21(31)32/h2-3,8-11,13H,4-7H2,1H3,(H,31,32)/t11-/m1/s1. The van der Waals surface area contributed by atoms with E-state index in [9.17, 15) is 19.3 Å². The van der Waals surface area contributed by atoms with E-state index in [1.807, 2.05) is 0 Å². The Bertz CT molecular complexity index is 1280. The van der Waals surface area contributed by atoms with Gasteiger partial charge < -0.3 is 24.9 Å². The summed E-state index contributed by atoms with van der Waals surface area (Å²) >= 11 is 12.2. The quantitative estimate of drug-likeness (QED) is 0.265. The number of nitro groups is 1. The molecule has 2 aromatic heterocycles. The summed E-state index contributed by atoms with van der Waals surface area (Å²) in [6.07, 6.45) is 3.74. The molecule has 35 heavy (non-hydrogen) atoms. The normalized spacial score (nSPS) is 15.1. The van der Waals surface area contributed by atoms with E-state index >= 15 is 0 Å². The van der Waals surface area contributed by atoms with E-state index in [1.165, 1.54) is 30.3 Å². The van der Waals surface area contributed by atoms with E-state index in [4.69, 9.17) is 33.0 Å². The van der Waals surface area contributed by atoms with Crippen molar-refractivity contribution in [1.82, 2.24) is 24.6 Å². The molecule has 0 bridgehead atoms. The summed E-state index contributed by atoms with van der Waals surface area (Å²) in [4.78, 5) is 31.4. The maximum atomic E-state index is 13.9. The van der Waals surface area contributed by atoms with Crippen LogP contribution >= 0.6 is 23.2 Å². The molecular weight excluding hydrogens is 506 g/mol. The average Bonchev–Trinajstić information content (AvgIpc) is 3.32. The minimum Gasteiger partial charge on any atom is -0.465 e. The fourth-order valence-electron chi connectivity index (χ4n) is 3.84. The molecule has 0 saturated carbocycles. The highest BCUT2D eigenvalue weighted by Crippen LogP contribution is 2.37. The van der Waals surface area contributed by atoms with Gasteiger partial charge in [-0.25, -0.2) is 14.2 Å². The average molecular weight is 525 g/mol. The molecule has 4 rings (SSSR count). The third kappa shape index (κ3) is 5.13. The molecule has 1 fully saturated rings. The van der Waals surface area contributed by atoms with Crippen LogP contribution in [0.2, 0.25) is 10.0 Å². The van der Waals surface area contributed by atoms with Gasteiger partial charge in [0.25, 0.3) is 0 Å². The van der Waals surface area contributed by atoms with Crippen LogP contribution in [0.15, 0.2) is 30.7 Å². The number of halogens is 3. The third-order valence-corrected chi connectivity index (χ3v) is 6.39. The Balaban J connectivity index is 1.59. The molecule has 1 saturated heterocycles. The first-order valence-electron chi connectivity index (χ1n) is 10.5. The van der Waals surface area contributed by atoms with Crippen molar-refractivity contribution in [3.8, 4) is 17.1 Å². The highest BCUT2D eigenvalue weighted by molar-refractivity contribution is 6.36. The Labute approximate surface area is 208 Å². The number of benzene rings is 1. The molecule has 1 aromatic carbocycles. The molecule has 3 aromatic rings. The van der Waals surface area contributed by atoms with Gasteiger partial charge in [-0.15, -0.1) is 0 Å². The van der Waals surface area contributed by atoms with Gasteiger partial charge in [0, 0.05) is 35.4 Å². The molecule has 184 valence electrons. The van der Waals surface area contributed by atoms with E-state index in [1.54, 1.807) is 10.9 Å². The topological polar surface area (TPSA) is 137 Å². The van der Waals surface area contributed by atoms with Crippen LogP contribution in [-0.2, 0) is 0 Å². The van der Waals surface area contributed by atoms with Gasteiger partial charge in [-0.3, -0.25) is 4.68 Å². The minimum atomic E-state index is -0.976. The molecule has 1 N–H and O–H groups in total.